The molecule has 0 bridgehead atoms. The van der Waals surface area contributed by atoms with Gasteiger partial charge >= 0.3 is 0 Å². The molecule has 0 heterocycles. The Morgan fingerprint density at radius 2 is 1.95 bits per heavy atom. The van der Waals surface area contributed by atoms with Crippen LogP contribution in [0.1, 0.15) is 38.5 Å². The van der Waals surface area contributed by atoms with Crippen molar-refractivity contribution in [2.24, 2.45) is 5.41 Å². The van der Waals surface area contributed by atoms with Crippen LogP contribution in [0.15, 0.2) is 22.7 Å². The molecular weight excluding hydrogens is 340 g/mol. The molecule has 1 aromatic rings. The first-order chi connectivity index (χ1) is 9.57. The fourth-order valence-corrected chi connectivity index (χ4v) is 3.07. The average molecular weight is 356 g/mol. The van der Waals surface area contributed by atoms with Crippen LogP contribution in [0.3, 0.4) is 0 Å². The lowest BCUT2D eigenvalue weighted by atomic mass is 9.81. The van der Waals surface area contributed by atoms with Crippen molar-refractivity contribution in [2.75, 3.05) is 5.32 Å². The molecule has 0 unspecified atom stereocenters. The first kappa shape index (κ1) is 15.3. The fourth-order valence-electron chi connectivity index (χ4n) is 2.56. The molecule has 0 radical (unpaired) electrons. The number of nitriles is 1. The highest BCUT2D eigenvalue weighted by atomic mass is 79.9. The highest BCUT2D eigenvalue weighted by molar-refractivity contribution is 9.10. The first-order valence-electron chi connectivity index (χ1n) is 6.75. The van der Waals surface area contributed by atoms with Gasteiger partial charge in [-0.25, -0.2) is 0 Å². The van der Waals surface area contributed by atoms with E-state index in [9.17, 15) is 10.1 Å². The number of halogens is 2. The minimum absolute atomic E-state index is 0.218. The maximum absolute atomic E-state index is 12.5. The SMILES string of the molecule is N#CC1(C(=O)Nc2cc(Cl)ccc2Br)CCCCCC1. The molecule has 0 saturated heterocycles. The third-order valence-electron chi connectivity index (χ3n) is 3.78. The molecule has 5 heteroatoms. The molecule has 0 atom stereocenters. The minimum atomic E-state index is -0.905. The highest BCUT2D eigenvalue weighted by Gasteiger charge is 2.39. The van der Waals surface area contributed by atoms with Gasteiger partial charge in [-0.3, -0.25) is 4.79 Å². The number of nitrogens with one attached hydrogen (secondary N) is 1. The summed E-state index contributed by atoms with van der Waals surface area (Å²) in [6.07, 6.45) is 5.31. The lowest BCUT2D eigenvalue weighted by Crippen LogP contribution is -2.34. The van der Waals surface area contributed by atoms with Crippen molar-refractivity contribution < 1.29 is 4.79 Å². The van der Waals surface area contributed by atoms with Gasteiger partial charge in [-0.1, -0.05) is 37.3 Å². The topological polar surface area (TPSA) is 52.9 Å². The zero-order valence-electron chi connectivity index (χ0n) is 11.1. The molecule has 1 aromatic carbocycles. The Bertz CT molecular complexity index is 545. The second kappa shape index (κ2) is 6.60. The van der Waals surface area contributed by atoms with E-state index in [1.165, 1.54) is 0 Å². The maximum Gasteiger partial charge on any atom is 0.244 e. The third kappa shape index (κ3) is 3.34. The van der Waals surface area contributed by atoms with Gasteiger partial charge < -0.3 is 5.32 Å². The van der Waals surface area contributed by atoms with Gasteiger partial charge in [-0.2, -0.15) is 5.26 Å². The normalized spacial score (nSPS) is 17.9. The van der Waals surface area contributed by atoms with E-state index in [1.54, 1.807) is 18.2 Å². The molecule has 0 aromatic heterocycles. The summed E-state index contributed by atoms with van der Waals surface area (Å²) >= 11 is 9.33. The highest BCUT2D eigenvalue weighted by Crippen LogP contribution is 2.36. The molecule has 1 fully saturated rings. The van der Waals surface area contributed by atoms with Crippen LogP contribution in [0.5, 0.6) is 0 Å². The molecular formula is C15H16BrClN2O. The van der Waals surface area contributed by atoms with Crippen LogP contribution in [0.4, 0.5) is 5.69 Å². The molecule has 1 aliphatic rings. The number of carbonyl (C=O) groups is 1. The van der Waals surface area contributed by atoms with Gasteiger partial charge in [0.25, 0.3) is 0 Å². The molecule has 1 aliphatic carbocycles. The lowest BCUT2D eigenvalue weighted by molar-refractivity contribution is -0.123. The molecule has 0 spiro atoms. The molecule has 20 heavy (non-hydrogen) atoms. The first-order valence-corrected chi connectivity index (χ1v) is 7.92. The van der Waals surface area contributed by atoms with E-state index < -0.39 is 5.41 Å². The maximum atomic E-state index is 12.5. The minimum Gasteiger partial charge on any atom is -0.324 e. The van der Waals surface area contributed by atoms with Crippen LogP contribution in [0.2, 0.25) is 5.02 Å². The number of hydrogen-bond acceptors (Lipinski definition) is 2. The number of carbonyl (C=O) groups excluding carboxylic acids is 1. The van der Waals surface area contributed by atoms with Gasteiger partial charge in [0.1, 0.15) is 5.41 Å². The predicted molar refractivity (Wildman–Crippen MR) is 83.5 cm³/mol. The van der Waals surface area contributed by atoms with Gasteiger partial charge in [-0.15, -0.1) is 0 Å². The number of hydrogen-bond donors (Lipinski definition) is 1. The van der Waals surface area contributed by atoms with Crippen molar-refractivity contribution in [1.82, 2.24) is 0 Å². The number of anilines is 1. The third-order valence-corrected chi connectivity index (χ3v) is 4.71. The smallest absolute Gasteiger partial charge is 0.244 e. The van der Waals surface area contributed by atoms with Gasteiger partial charge in [0.15, 0.2) is 0 Å². The van der Waals surface area contributed by atoms with Crippen molar-refractivity contribution >= 4 is 39.1 Å². The van der Waals surface area contributed by atoms with Crippen molar-refractivity contribution in [3.63, 3.8) is 0 Å². The van der Waals surface area contributed by atoms with Crippen molar-refractivity contribution in [3.8, 4) is 6.07 Å². The standard InChI is InChI=1S/C15H16BrClN2O/c16-12-6-5-11(17)9-13(12)19-14(20)15(10-18)7-3-1-2-4-8-15/h5-6,9H,1-4,7-8H2,(H,19,20). The van der Waals surface area contributed by atoms with E-state index in [-0.39, 0.29) is 5.91 Å². The molecule has 106 valence electrons. The van der Waals surface area contributed by atoms with Gasteiger partial charge in [0.05, 0.1) is 11.8 Å². The Labute approximate surface area is 132 Å². The second-order valence-electron chi connectivity index (χ2n) is 5.19. The Morgan fingerprint density at radius 1 is 1.30 bits per heavy atom. The van der Waals surface area contributed by atoms with E-state index >= 15 is 0 Å². The zero-order valence-corrected chi connectivity index (χ0v) is 13.4. The van der Waals surface area contributed by atoms with Crippen molar-refractivity contribution in [3.05, 3.63) is 27.7 Å². The Balaban J connectivity index is 2.21. The van der Waals surface area contributed by atoms with Crippen LogP contribution in [-0.2, 0) is 4.79 Å². The van der Waals surface area contributed by atoms with Crippen LogP contribution >= 0.6 is 27.5 Å². The summed E-state index contributed by atoms with van der Waals surface area (Å²) in [7, 11) is 0. The van der Waals surface area contributed by atoms with E-state index in [4.69, 9.17) is 11.6 Å². The van der Waals surface area contributed by atoms with Gasteiger partial charge in [-0.05, 0) is 47.0 Å². The summed E-state index contributed by atoms with van der Waals surface area (Å²) in [4.78, 5) is 12.5. The van der Waals surface area contributed by atoms with Gasteiger partial charge in [0.2, 0.25) is 5.91 Å². The van der Waals surface area contributed by atoms with E-state index in [1.807, 2.05) is 0 Å². The van der Waals surface area contributed by atoms with Crippen LogP contribution in [0, 0.1) is 16.7 Å². The van der Waals surface area contributed by atoms with Gasteiger partial charge in [0, 0.05) is 9.50 Å². The van der Waals surface area contributed by atoms with Crippen LogP contribution in [-0.4, -0.2) is 5.91 Å². The Morgan fingerprint density at radius 3 is 2.55 bits per heavy atom. The monoisotopic (exact) mass is 354 g/mol. The summed E-state index contributed by atoms with van der Waals surface area (Å²) in [6.45, 7) is 0. The van der Waals surface area contributed by atoms with E-state index in [0.29, 0.717) is 23.6 Å². The molecule has 1 amide bonds. The summed E-state index contributed by atoms with van der Waals surface area (Å²) in [6, 6.07) is 7.46. The zero-order chi connectivity index (χ0) is 14.6. The lowest BCUT2D eigenvalue weighted by Gasteiger charge is -2.24. The summed E-state index contributed by atoms with van der Waals surface area (Å²) in [5.74, 6) is -0.218. The number of benzene rings is 1. The second-order valence-corrected chi connectivity index (χ2v) is 6.48. The molecule has 1 N–H and O–H groups in total. The average Bonchev–Trinajstić information content (AvgIpc) is 2.69. The van der Waals surface area contributed by atoms with Crippen molar-refractivity contribution in [1.29, 1.82) is 5.26 Å². The number of amides is 1. The Kier molecular flexibility index (Phi) is 5.06. The van der Waals surface area contributed by atoms with E-state index in [2.05, 4.69) is 27.3 Å². The van der Waals surface area contributed by atoms with Crippen molar-refractivity contribution in [2.45, 2.75) is 38.5 Å². The fraction of sp³-hybridized carbons (Fsp3) is 0.467. The van der Waals surface area contributed by atoms with E-state index in [0.717, 1.165) is 30.2 Å². The Hall–Kier alpha value is -1.05. The molecule has 3 nitrogen and oxygen atoms in total. The number of nitrogens with zero attached hydrogens (tertiary/aromatic N) is 1. The van der Waals surface area contributed by atoms with Crippen LogP contribution in [0.25, 0.3) is 0 Å². The molecule has 0 aliphatic heterocycles. The quantitative estimate of drug-likeness (QED) is 0.767. The van der Waals surface area contributed by atoms with Crippen LogP contribution < -0.4 is 5.32 Å². The number of rotatable bonds is 2. The molecule has 1 saturated carbocycles. The largest absolute Gasteiger partial charge is 0.324 e. The summed E-state index contributed by atoms with van der Waals surface area (Å²) in [5.41, 5.74) is -0.292. The molecule has 2 rings (SSSR count). The summed E-state index contributed by atoms with van der Waals surface area (Å²) in [5, 5.41) is 12.9. The predicted octanol–water partition coefficient (Wildman–Crippen LogP) is 4.91. The summed E-state index contributed by atoms with van der Waals surface area (Å²) < 4.78 is 0.761.